The van der Waals surface area contributed by atoms with Crippen LogP contribution in [0.4, 0.5) is 11.5 Å². The zero-order chi connectivity index (χ0) is 24.2. The molecule has 0 aliphatic rings. The van der Waals surface area contributed by atoms with Crippen molar-refractivity contribution >= 4 is 22.4 Å². The summed E-state index contributed by atoms with van der Waals surface area (Å²) in [4.78, 5) is 13.6. The Morgan fingerprint density at radius 1 is 0.829 bits per heavy atom. The average molecular weight is 464 g/mol. The van der Waals surface area contributed by atoms with Gasteiger partial charge in [0.2, 0.25) is 0 Å². The van der Waals surface area contributed by atoms with Crippen molar-refractivity contribution in [3.63, 3.8) is 0 Å². The highest BCUT2D eigenvalue weighted by Crippen LogP contribution is 2.30. The lowest BCUT2D eigenvalue weighted by atomic mass is 10.0. The largest absolute Gasteiger partial charge is 0.506 e. The first kappa shape index (κ1) is 22.2. The van der Waals surface area contributed by atoms with Gasteiger partial charge in [-0.1, -0.05) is 24.3 Å². The zero-order valence-electron chi connectivity index (χ0n) is 19.5. The van der Waals surface area contributed by atoms with Crippen LogP contribution in [-0.4, -0.2) is 34.2 Å². The zero-order valence-corrected chi connectivity index (χ0v) is 19.5. The van der Waals surface area contributed by atoms with Crippen molar-refractivity contribution < 1.29 is 9.84 Å². The number of phenols is 1. The van der Waals surface area contributed by atoms with E-state index in [0.29, 0.717) is 18.1 Å². The minimum absolute atomic E-state index is 0.206. The maximum atomic E-state index is 10.0. The second kappa shape index (κ2) is 9.69. The topological polar surface area (TPSA) is 92.2 Å². The summed E-state index contributed by atoms with van der Waals surface area (Å²) in [7, 11) is 3.63. The molecule has 0 saturated carbocycles. The molecular weight excluding hydrogens is 438 g/mol. The highest BCUT2D eigenvalue weighted by atomic mass is 16.5. The number of pyridine rings is 1. The Labute approximate surface area is 203 Å². The smallest absolute Gasteiger partial charge is 0.163 e. The lowest BCUT2D eigenvalue weighted by molar-refractivity contribution is 0.305. The molecule has 0 amide bonds. The van der Waals surface area contributed by atoms with E-state index in [1.807, 2.05) is 61.6 Å². The van der Waals surface area contributed by atoms with Gasteiger partial charge in [0.15, 0.2) is 5.82 Å². The number of rotatable bonds is 7. The Morgan fingerprint density at radius 3 is 2.37 bits per heavy atom. The van der Waals surface area contributed by atoms with Crippen molar-refractivity contribution in [2.75, 3.05) is 24.7 Å². The molecule has 0 aliphatic heterocycles. The molecule has 0 bridgehead atoms. The predicted octanol–water partition coefficient (Wildman–Crippen LogP) is 5.73. The molecule has 0 atom stereocenters. The van der Waals surface area contributed by atoms with Crippen LogP contribution in [0.1, 0.15) is 5.56 Å². The first-order chi connectivity index (χ1) is 17.1. The molecule has 35 heavy (non-hydrogen) atoms. The lowest BCUT2D eigenvalue weighted by Crippen LogP contribution is -1.99. The number of hydrogen-bond donors (Lipinski definition) is 3. The van der Waals surface area contributed by atoms with Gasteiger partial charge >= 0.3 is 0 Å². The van der Waals surface area contributed by atoms with Gasteiger partial charge in [-0.3, -0.25) is 4.98 Å². The number of phenolic OH excluding ortho intramolecular Hbond substituents is 1. The Bertz CT molecular complexity index is 1470. The highest BCUT2D eigenvalue weighted by Gasteiger charge is 2.11. The van der Waals surface area contributed by atoms with Gasteiger partial charge < -0.3 is 20.5 Å². The van der Waals surface area contributed by atoms with Crippen molar-refractivity contribution in [1.82, 2.24) is 15.0 Å². The Kier molecular flexibility index (Phi) is 6.13. The van der Waals surface area contributed by atoms with Gasteiger partial charge in [-0.2, -0.15) is 0 Å². The molecule has 0 aliphatic carbocycles. The van der Waals surface area contributed by atoms with Crippen LogP contribution in [0.5, 0.6) is 11.5 Å². The van der Waals surface area contributed by atoms with Gasteiger partial charge in [0.25, 0.3) is 0 Å². The Hall–Kier alpha value is -4.65. The quantitative estimate of drug-likeness (QED) is 0.266. The van der Waals surface area contributed by atoms with Gasteiger partial charge in [0.1, 0.15) is 23.9 Å². The molecule has 3 N–H and O–H groups in total. The third-order valence-corrected chi connectivity index (χ3v) is 5.78. The van der Waals surface area contributed by atoms with Crippen LogP contribution in [0, 0.1) is 0 Å². The standard InChI is InChI=1S/C28H25N5O2/c1-29-25-11-5-18(14-26(25)34)17-35-22-9-6-19(7-10-22)20-8-12-24-23(15-20)28(30-2)33-27(32-24)21-4-3-13-31-16-21/h3-16,29,34H,17H2,1-2H3,(H,30,32,33). The van der Waals surface area contributed by atoms with Gasteiger partial charge in [-0.05, 0) is 65.2 Å². The predicted molar refractivity (Wildman–Crippen MR) is 140 cm³/mol. The lowest BCUT2D eigenvalue weighted by Gasteiger charge is -2.11. The van der Waals surface area contributed by atoms with Crippen molar-refractivity contribution in [2.24, 2.45) is 0 Å². The van der Waals surface area contributed by atoms with E-state index in [4.69, 9.17) is 14.7 Å². The van der Waals surface area contributed by atoms with E-state index < -0.39 is 0 Å². The minimum atomic E-state index is 0.206. The maximum Gasteiger partial charge on any atom is 0.163 e. The Morgan fingerprint density at radius 2 is 1.66 bits per heavy atom. The molecule has 0 fully saturated rings. The number of nitrogens with zero attached hydrogens (tertiary/aromatic N) is 3. The fourth-order valence-electron chi connectivity index (χ4n) is 3.91. The van der Waals surface area contributed by atoms with Gasteiger partial charge in [-0.15, -0.1) is 0 Å². The summed E-state index contributed by atoms with van der Waals surface area (Å²) in [6.07, 6.45) is 3.50. The van der Waals surface area contributed by atoms with Crippen LogP contribution in [0.15, 0.2) is 85.2 Å². The molecule has 2 heterocycles. The first-order valence-corrected chi connectivity index (χ1v) is 11.3. The molecule has 0 spiro atoms. The molecule has 0 saturated heterocycles. The molecule has 174 valence electrons. The number of benzene rings is 3. The summed E-state index contributed by atoms with van der Waals surface area (Å²) in [5.74, 6) is 2.37. The van der Waals surface area contributed by atoms with E-state index in [1.54, 1.807) is 25.5 Å². The molecule has 7 heteroatoms. The molecule has 5 aromatic rings. The molecule has 5 rings (SSSR count). The molecule has 0 unspecified atom stereocenters. The third kappa shape index (κ3) is 4.70. The fraction of sp³-hybridized carbons (Fsp3) is 0.107. The third-order valence-electron chi connectivity index (χ3n) is 5.78. The fourth-order valence-corrected chi connectivity index (χ4v) is 3.91. The normalized spacial score (nSPS) is 10.8. The van der Waals surface area contributed by atoms with E-state index in [0.717, 1.165) is 44.7 Å². The van der Waals surface area contributed by atoms with E-state index in [9.17, 15) is 5.11 Å². The van der Waals surface area contributed by atoms with Crippen molar-refractivity contribution in [3.8, 4) is 34.0 Å². The molecule has 0 radical (unpaired) electrons. The van der Waals surface area contributed by atoms with Crippen molar-refractivity contribution in [1.29, 1.82) is 0 Å². The number of aromatic nitrogens is 3. The monoisotopic (exact) mass is 463 g/mol. The minimum Gasteiger partial charge on any atom is -0.506 e. The van der Waals surface area contributed by atoms with Crippen LogP contribution >= 0.6 is 0 Å². The van der Waals surface area contributed by atoms with E-state index in [1.165, 1.54) is 0 Å². The first-order valence-electron chi connectivity index (χ1n) is 11.3. The van der Waals surface area contributed by atoms with Crippen molar-refractivity contribution in [2.45, 2.75) is 6.61 Å². The van der Waals surface area contributed by atoms with Crippen LogP contribution in [-0.2, 0) is 6.61 Å². The van der Waals surface area contributed by atoms with Gasteiger partial charge in [0, 0.05) is 37.4 Å². The second-order valence-electron chi connectivity index (χ2n) is 8.03. The van der Waals surface area contributed by atoms with Crippen molar-refractivity contribution in [3.05, 3.63) is 90.8 Å². The number of ether oxygens (including phenoxy) is 1. The van der Waals surface area contributed by atoms with Crippen LogP contribution in [0.25, 0.3) is 33.4 Å². The van der Waals surface area contributed by atoms with E-state index in [-0.39, 0.29) is 5.75 Å². The number of hydrogen-bond acceptors (Lipinski definition) is 7. The van der Waals surface area contributed by atoms with Gasteiger partial charge in [0.05, 0.1) is 11.2 Å². The second-order valence-corrected chi connectivity index (χ2v) is 8.03. The molecule has 2 aromatic heterocycles. The van der Waals surface area contributed by atoms with Crippen LogP contribution in [0.3, 0.4) is 0 Å². The van der Waals surface area contributed by atoms with E-state index in [2.05, 4.69) is 27.8 Å². The summed E-state index contributed by atoms with van der Waals surface area (Å²) in [6.45, 7) is 0.370. The number of nitrogens with one attached hydrogen (secondary N) is 2. The summed E-state index contributed by atoms with van der Waals surface area (Å²) >= 11 is 0. The summed E-state index contributed by atoms with van der Waals surface area (Å²) in [5, 5.41) is 17.1. The molecular formula is C28H25N5O2. The average Bonchev–Trinajstić information content (AvgIpc) is 2.92. The number of aromatic hydroxyl groups is 1. The summed E-state index contributed by atoms with van der Waals surface area (Å²) in [6, 6.07) is 23.4. The highest BCUT2D eigenvalue weighted by molar-refractivity contribution is 5.93. The Balaban J connectivity index is 1.36. The number of fused-ring (bicyclic) bond motifs is 1. The molecule has 7 nitrogen and oxygen atoms in total. The SMILES string of the molecule is CNc1ccc(COc2ccc(-c3ccc4nc(-c5cccnc5)nc(NC)c4c3)cc2)cc1O. The van der Waals surface area contributed by atoms with Crippen LogP contribution in [0.2, 0.25) is 0 Å². The maximum absolute atomic E-state index is 10.0. The van der Waals surface area contributed by atoms with E-state index >= 15 is 0 Å². The van der Waals surface area contributed by atoms with Crippen LogP contribution < -0.4 is 15.4 Å². The van der Waals surface area contributed by atoms with Gasteiger partial charge in [-0.25, -0.2) is 9.97 Å². The summed E-state index contributed by atoms with van der Waals surface area (Å²) in [5.41, 5.74) is 5.44. The summed E-state index contributed by atoms with van der Waals surface area (Å²) < 4.78 is 5.91. The molecule has 3 aromatic carbocycles. The number of anilines is 2.